The fourth-order valence-electron chi connectivity index (χ4n) is 1.18. The summed E-state index contributed by atoms with van der Waals surface area (Å²) in [5, 5.41) is 15.7. The minimum atomic E-state index is -0.121. The van der Waals surface area contributed by atoms with Crippen molar-refractivity contribution in [3.8, 4) is 0 Å². The molecule has 0 saturated carbocycles. The van der Waals surface area contributed by atoms with E-state index in [1.54, 1.807) is 24.3 Å². The highest BCUT2D eigenvalue weighted by molar-refractivity contribution is 7.92. The predicted octanol–water partition coefficient (Wildman–Crippen LogP) is 1.89. The molecule has 16 heavy (non-hydrogen) atoms. The van der Waals surface area contributed by atoms with E-state index in [1.807, 2.05) is 0 Å². The lowest BCUT2D eigenvalue weighted by molar-refractivity contribution is 0.277. The van der Waals surface area contributed by atoms with E-state index in [4.69, 9.17) is 5.11 Å². The second-order valence-corrected chi connectivity index (χ2v) is 3.48. The third-order valence-electron chi connectivity index (χ3n) is 1.86. The SMILES string of the molecule is OCc1cccc(Nc2ccn(SF)n2)n1. The Morgan fingerprint density at radius 2 is 2.25 bits per heavy atom. The maximum absolute atomic E-state index is 12.1. The maximum atomic E-state index is 12.1. The van der Waals surface area contributed by atoms with Gasteiger partial charge in [-0.05, 0) is 12.1 Å². The van der Waals surface area contributed by atoms with E-state index < -0.39 is 0 Å². The molecule has 0 atom stereocenters. The Bertz CT molecular complexity index is 476. The topological polar surface area (TPSA) is 63.0 Å². The molecule has 7 heteroatoms. The van der Waals surface area contributed by atoms with Crippen LogP contribution in [-0.4, -0.2) is 19.3 Å². The fourth-order valence-corrected chi connectivity index (χ4v) is 1.41. The first-order valence-electron chi connectivity index (χ1n) is 4.50. The van der Waals surface area contributed by atoms with E-state index >= 15 is 0 Å². The molecule has 2 aromatic rings. The highest BCUT2D eigenvalue weighted by atomic mass is 32.2. The second-order valence-electron chi connectivity index (χ2n) is 2.97. The molecular weight excluding hydrogens is 231 g/mol. The smallest absolute Gasteiger partial charge is 0.187 e. The number of aromatic nitrogens is 3. The van der Waals surface area contributed by atoms with Crippen molar-refractivity contribution in [3.05, 3.63) is 36.2 Å². The molecule has 0 aliphatic carbocycles. The molecule has 0 aliphatic heterocycles. The van der Waals surface area contributed by atoms with Crippen molar-refractivity contribution in [3.63, 3.8) is 0 Å². The summed E-state index contributed by atoms with van der Waals surface area (Å²) < 4.78 is 13.2. The lowest BCUT2D eigenvalue weighted by atomic mass is 10.3. The maximum Gasteiger partial charge on any atom is 0.187 e. The molecule has 0 spiro atoms. The van der Waals surface area contributed by atoms with Crippen LogP contribution in [0, 0.1) is 0 Å². The highest BCUT2D eigenvalue weighted by Crippen LogP contribution is 2.15. The van der Waals surface area contributed by atoms with Gasteiger partial charge in [0.1, 0.15) is 5.82 Å². The largest absolute Gasteiger partial charge is 0.390 e. The number of nitrogens with zero attached hydrogens (tertiary/aromatic N) is 3. The number of nitrogens with one attached hydrogen (secondary N) is 1. The van der Waals surface area contributed by atoms with E-state index in [-0.39, 0.29) is 18.9 Å². The van der Waals surface area contributed by atoms with Gasteiger partial charge in [0.05, 0.1) is 12.3 Å². The normalized spacial score (nSPS) is 10.4. The Kier molecular flexibility index (Phi) is 3.37. The Morgan fingerprint density at radius 3 is 2.94 bits per heavy atom. The quantitative estimate of drug-likeness (QED) is 0.854. The highest BCUT2D eigenvalue weighted by Gasteiger charge is 2.01. The van der Waals surface area contributed by atoms with Gasteiger partial charge in [-0.3, -0.25) is 0 Å². The summed E-state index contributed by atoms with van der Waals surface area (Å²) in [5.74, 6) is 1.05. The number of anilines is 2. The van der Waals surface area contributed by atoms with Crippen LogP contribution in [0.25, 0.3) is 0 Å². The Labute approximate surface area is 95.7 Å². The molecular formula is C9H9FN4OS. The molecule has 84 valence electrons. The molecule has 0 aliphatic rings. The number of pyridine rings is 1. The van der Waals surface area contributed by atoms with Crippen molar-refractivity contribution in [2.24, 2.45) is 0 Å². The first-order chi connectivity index (χ1) is 7.81. The van der Waals surface area contributed by atoms with Crippen LogP contribution in [0.1, 0.15) is 5.69 Å². The lowest BCUT2D eigenvalue weighted by Gasteiger charge is -2.02. The van der Waals surface area contributed by atoms with Gasteiger partial charge < -0.3 is 10.4 Å². The molecule has 0 fully saturated rings. The van der Waals surface area contributed by atoms with Crippen LogP contribution in [0.15, 0.2) is 30.5 Å². The molecule has 0 unspecified atom stereocenters. The summed E-state index contributed by atoms with van der Waals surface area (Å²) >= 11 is 0.0130. The summed E-state index contributed by atoms with van der Waals surface area (Å²) in [6, 6.07) is 6.84. The van der Waals surface area contributed by atoms with E-state index in [9.17, 15) is 3.89 Å². The monoisotopic (exact) mass is 240 g/mol. The number of hydrogen-bond donors (Lipinski definition) is 2. The molecule has 2 rings (SSSR count). The van der Waals surface area contributed by atoms with E-state index in [0.29, 0.717) is 17.3 Å². The van der Waals surface area contributed by atoms with Crippen molar-refractivity contribution in [2.45, 2.75) is 6.61 Å². The minimum absolute atomic E-state index is 0.0130. The molecule has 0 bridgehead atoms. The third kappa shape index (κ3) is 2.50. The van der Waals surface area contributed by atoms with Crippen LogP contribution < -0.4 is 5.32 Å². The summed E-state index contributed by atoms with van der Waals surface area (Å²) in [6.45, 7) is -0.121. The van der Waals surface area contributed by atoms with Gasteiger partial charge in [0, 0.05) is 12.3 Å². The van der Waals surface area contributed by atoms with Crippen molar-refractivity contribution >= 4 is 24.0 Å². The zero-order valence-corrected chi connectivity index (χ0v) is 8.99. The van der Waals surface area contributed by atoms with Gasteiger partial charge in [0.25, 0.3) is 0 Å². The summed E-state index contributed by atoms with van der Waals surface area (Å²) in [7, 11) is 0. The number of halogens is 1. The lowest BCUT2D eigenvalue weighted by Crippen LogP contribution is -1.97. The van der Waals surface area contributed by atoms with Crippen molar-refractivity contribution in [1.82, 2.24) is 14.2 Å². The van der Waals surface area contributed by atoms with Gasteiger partial charge in [-0.15, -0.1) is 8.98 Å². The number of hydrogen-bond acceptors (Lipinski definition) is 5. The van der Waals surface area contributed by atoms with Crippen LogP contribution in [0.2, 0.25) is 0 Å². The van der Waals surface area contributed by atoms with Crippen LogP contribution in [-0.2, 0) is 6.61 Å². The van der Waals surface area contributed by atoms with E-state index in [0.717, 1.165) is 4.09 Å². The van der Waals surface area contributed by atoms with Gasteiger partial charge in [-0.25, -0.2) is 4.98 Å². The molecule has 2 heterocycles. The molecule has 0 saturated heterocycles. The van der Waals surface area contributed by atoms with Crippen LogP contribution in [0.5, 0.6) is 0 Å². The van der Waals surface area contributed by atoms with Gasteiger partial charge >= 0.3 is 0 Å². The number of aliphatic hydroxyl groups excluding tert-OH is 1. The Hall–Kier alpha value is -1.60. The summed E-state index contributed by atoms with van der Waals surface area (Å²) in [5.41, 5.74) is 0.560. The minimum Gasteiger partial charge on any atom is -0.390 e. The third-order valence-corrected chi connectivity index (χ3v) is 2.21. The van der Waals surface area contributed by atoms with Crippen molar-refractivity contribution in [2.75, 3.05) is 5.32 Å². The Balaban J connectivity index is 2.13. The summed E-state index contributed by atoms with van der Waals surface area (Å²) in [6.07, 6.45) is 1.49. The fraction of sp³-hybridized carbons (Fsp3) is 0.111. The van der Waals surface area contributed by atoms with Crippen LogP contribution in [0.4, 0.5) is 15.5 Å². The molecule has 2 aromatic heterocycles. The van der Waals surface area contributed by atoms with Gasteiger partial charge in [0.2, 0.25) is 0 Å². The zero-order chi connectivity index (χ0) is 11.4. The standard InChI is InChI=1S/C9H9FN4OS/c10-16-14-5-4-9(13-14)12-8-3-1-2-7(6-15)11-8/h1-5,15H,6H2,(H,11,12,13). The summed E-state index contributed by atoms with van der Waals surface area (Å²) in [4.78, 5) is 4.11. The van der Waals surface area contributed by atoms with Crippen LogP contribution in [0.3, 0.4) is 0 Å². The predicted molar refractivity (Wildman–Crippen MR) is 59.8 cm³/mol. The second kappa shape index (κ2) is 4.95. The van der Waals surface area contributed by atoms with E-state index in [1.165, 1.54) is 6.20 Å². The molecule has 5 nitrogen and oxygen atoms in total. The van der Waals surface area contributed by atoms with Crippen LogP contribution >= 0.6 is 12.3 Å². The number of rotatable bonds is 4. The first kappa shape index (κ1) is 10.9. The zero-order valence-electron chi connectivity index (χ0n) is 8.17. The molecule has 0 aromatic carbocycles. The molecule has 2 N–H and O–H groups in total. The van der Waals surface area contributed by atoms with Crippen molar-refractivity contribution in [1.29, 1.82) is 0 Å². The molecule has 0 radical (unpaired) electrons. The Morgan fingerprint density at radius 1 is 1.38 bits per heavy atom. The van der Waals surface area contributed by atoms with Gasteiger partial charge in [0.15, 0.2) is 18.2 Å². The van der Waals surface area contributed by atoms with Gasteiger partial charge in [-0.2, -0.15) is 4.09 Å². The van der Waals surface area contributed by atoms with E-state index in [2.05, 4.69) is 15.4 Å². The van der Waals surface area contributed by atoms with Gasteiger partial charge in [-0.1, -0.05) is 6.07 Å². The average Bonchev–Trinajstić information content (AvgIpc) is 2.77. The van der Waals surface area contributed by atoms with Crippen molar-refractivity contribution < 1.29 is 8.99 Å². The molecule has 0 amide bonds. The first-order valence-corrected chi connectivity index (χ1v) is 5.18. The number of aliphatic hydroxyl groups is 1. The average molecular weight is 240 g/mol.